The van der Waals surface area contributed by atoms with E-state index in [2.05, 4.69) is 0 Å². The third-order valence-corrected chi connectivity index (χ3v) is 11.6. The Kier molecular flexibility index (Phi) is 12.1. The summed E-state index contributed by atoms with van der Waals surface area (Å²) in [6.07, 6.45) is 0.113. The lowest BCUT2D eigenvalue weighted by Crippen LogP contribution is -2.19. The molecule has 1 aromatic rings. The Balaban J connectivity index is 3.01. The minimum Gasteiger partial charge on any atom is -0.308 e. The normalized spacial score (nSPS) is 13.1. The molecule has 0 N–H and O–H groups in total. The molecule has 1 rings (SSSR count). The highest BCUT2D eigenvalue weighted by Crippen LogP contribution is 2.71. The fraction of sp³-hybridized carbons (Fsp3) is 0.684. The van der Waals surface area contributed by atoms with E-state index in [1.54, 1.807) is 39.8 Å². The van der Waals surface area contributed by atoms with Gasteiger partial charge in [0.05, 0.1) is 37.9 Å². The van der Waals surface area contributed by atoms with Gasteiger partial charge in [0.1, 0.15) is 0 Å². The van der Waals surface area contributed by atoms with E-state index < -0.39 is 30.7 Å². The molecule has 0 amide bonds. The van der Waals surface area contributed by atoms with Crippen LogP contribution in [0.2, 0.25) is 0 Å². The third-order valence-electron chi connectivity index (χ3n) is 4.12. The number of rotatable bonds is 16. The third kappa shape index (κ3) is 8.37. The van der Waals surface area contributed by atoms with Crippen LogP contribution in [-0.2, 0) is 41.5 Å². The predicted octanol–water partition coefficient (Wildman–Crippen LogP) is 5.34. The van der Waals surface area contributed by atoms with Gasteiger partial charge in [0.2, 0.25) is 0 Å². The van der Waals surface area contributed by atoms with E-state index in [1.165, 1.54) is 12.1 Å². The van der Waals surface area contributed by atoms with E-state index in [9.17, 15) is 17.5 Å². The summed E-state index contributed by atoms with van der Waals surface area (Å²) < 4.78 is 78.2. The highest BCUT2D eigenvalue weighted by Gasteiger charge is 2.50. The molecule has 0 saturated carbocycles. The lowest BCUT2D eigenvalue weighted by atomic mass is 10.2. The molecule has 0 unspecified atom stereocenters. The molecule has 0 fully saturated rings. The molecule has 1 aromatic carbocycles. The van der Waals surface area contributed by atoms with Gasteiger partial charge in [0.15, 0.2) is 5.40 Å². The first-order chi connectivity index (χ1) is 14.6. The zero-order valence-electron chi connectivity index (χ0n) is 18.8. The Morgan fingerprint density at radius 3 is 1.61 bits per heavy atom. The maximum Gasteiger partial charge on any atom is 0.345 e. The van der Waals surface area contributed by atoms with Crippen LogP contribution in [0.4, 0.5) is 0 Å². The summed E-state index contributed by atoms with van der Waals surface area (Å²) in [6.45, 7) is 8.52. The maximum atomic E-state index is 13.4. The van der Waals surface area contributed by atoms with E-state index in [4.69, 9.17) is 22.3 Å². The molecule has 0 bridgehead atoms. The molecular formula is C19H34O9P2S. The zero-order chi connectivity index (χ0) is 23.5. The fourth-order valence-electron chi connectivity index (χ4n) is 2.84. The maximum absolute atomic E-state index is 13.4. The van der Waals surface area contributed by atoms with E-state index in [0.717, 1.165) is 5.56 Å². The van der Waals surface area contributed by atoms with Crippen LogP contribution in [0.5, 0.6) is 0 Å². The zero-order valence-corrected chi connectivity index (χ0v) is 21.4. The topological polar surface area (TPSA) is 114 Å². The van der Waals surface area contributed by atoms with Gasteiger partial charge in [-0.2, -0.15) is 8.42 Å². The predicted molar refractivity (Wildman–Crippen MR) is 119 cm³/mol. The molecule has 9 nitrogen and oxygen atoms in total. The van der Waals surface area contributed by atoms with Crippen molar-refractivity contribution in [2.75, 3.05) is 33.0 Å². The van der Waals surface area contributed by atoms with Crippen molar-refractivity contribution < 1.29 is 39.8 Å². The Morgan fingerprint density at radius 1 is 0.806 bits per heavy atom. The Hall–Kier alpha value is -0.570. The quantitative estimate of drug-likeness (QED) is 0.169. The van der Waals surface area contributed by atoms with Crippen LogP contribution in [0.3, 0.4) is 0 Å². The highest BCUT2D eigenvalue weighted by molar-refractivity contribution is 7.86. The van der Waals surface area contributed by atoms with Gasteiger partial charge in [-0.25, -0.2) is 0 Å². The second-order valence-corrected chi connectivity index (χ2v) is 12.9. The Labute approximate surface area is 186 Å². The molecule has 0 atom stereocenters. The molecular weight excluding hydrogens is 466 g/mol. The first-order valence-electron chi connectivity index (χ1n) is 10.3. The number of hydrogen-bond donors (Lipinski definition) is 0. The fourth-order valence-corrected chi connectivity index (χ4v) is 9.24. The minimum absolute atomic E-state index is 0.00201. The average Bonchev–Trinajstić information content (AvgIpc) is 2.68. The number of hydrogen-bond acceptors (Lipinski definition) is 9. The van der Waals surface area contributed by atoms with Gasteiger partial charge in [-0.05, 0) is 59.6 Å². The lowest BCUT2D eigenvalue weighted by molar-refractivity contribution is 0.192. The van der Waals surface area contributed by atoms with Crippen LogP contribution in [0.1, 0.15) is 46.1 Å². The standard InChI is InChI=1S/C19H34O9P2S/c1-6-24-29(20,25-7-2)19(30(21,26-8-3)27-9-4)11-10-16-28-31(22,23)18-14-12-17(5)13-15-18/h12-15,19H,6-11,16H2,1-5H3. The van der Waals surface area contributed by atoms with Gasteiger partial charge in [0, 0.05) is 0 Å². The minimum atomic E-state index is -3.95. The van der Waals surface area contributed by atoms with E-state index in [0.29, 0.717) is 0 Å². The van der Waals surface area contributed by atoms with E-state index in [-0.39, 0.29) is 50.8 Å². The van der Waals surface area contributed by atoms with E-state index in [1.807, 2.05) is 6.92 Å². The van der Waals surface area contributed by atoms with Crippen molar-refractivity contribution in [3.63, 3.8) is 0 Å². The van der Waals surface area contributed by atoms with Crippen molar-refractivity contribution in [1.82, 2.24) is 0 Å². The summed E-state index contributed by atoms with van der Waals surface area (Å²) >= 11 is 0. The molecule has 180 valence electrons. The van der Waals surface area contributed by atoms with Crippen LogP contribution in [0, 0.1) is 6.92 Å². The summed E-state index contributed by atoms with van der Waals surface area (Å²) in [5, 5.41) is -1.20. The van der Waals surface area contributed by atoms with Crippen molar-refractivity contribution in [2.24, 2.45) is 0 Å². The second-order valence-electron chi connectivity index (χ2n) is 6.46. The van der Waals surface area contributed by atoms with Crippen molar-refractivity contribution >= 4 is 25.3 Å². The Morgan fingerprint density at radius 2 is 1.23 bits per heavy atom. The van der Waals surface area contributed by atoms with Gasteiger partial charge >= 0.3 is 15.2 Å². The molecule has 0 spiro atoms. The van der Waals surface area contributed by atoms with Crippen LogP contribution < -0.4 is 0 Å². The molecule has 0 aliphatic rings. The highest BCUT2D eigenvalue weighted by atomic mass is 32.2. The van der Waals surface area contributed by atoms with Crippen molar-refractivity contribution in [2.45, 2.75) is 57.8 Å². The van der Waals surface area contributed by atoms with Gasteiger partial charge in [0.25, 0.3) is 10.1 Å². The molecule has 0 radical (unpaired) electrons. The first kappa shape index (κ1) is 28.5. The molecule has 31 heavy (non-hydrogen) atoms. The van der Waals surface area contributed by atoms with Gasteiger partial charge in [-0.15, -0.1) is 0 Å². The van der Waals surface area contributed by atoms with Crippen molar-refractivity contribution in [1.29, 1.82) is 0 Å². The van der Waals surface area contributed by atoms with Crippen molar-refractivity contribution in [3.05, 3.63) is 29.8 Å². The van der Waals surface area contributed by atoms with Crippen LogP contribution in [-0.4, -0.2) is 46.9 Å². The molecule has 0 heterocycles. The molecule has 0 aliphatic heterocycles. The largest absolute Gasteiger partial charge is 0.345 e. The van der Waals surface area contributed by atoms with Gasteiger partial charge < -0.3 is 18.1 Å². The Bertz CT molecular complexity index is 806. The number of benzene rings is 1. The van der Waals surface area contributed by atoms with Crippen LogP contribution >= 0.6 is 15.2 Å². The van der Waals surface area contributed by atoms with Crippen LogP contribution in [0.25, 0.3) is 0 Å². The van der Waals surface area contributed by atoms with Crippen molar-refractivity contribution in [3.8, 4) is 0 Å². The monoisotopic (exact) mass is 500 g/mol. The summed E-state index contributed by atoms with van der Waals surface area (Å²) in [5.74, 6) is 0. The molecule has 0 aliphatic carbocycles. The van der Waals surface area contributed by atoms with Gasteiger partial charge in [-0.1, -0.05) is 17.7 Å². The number of aryl methyl sites for hydroxylation is 1. The molecule has 0 aromatic heterocycles. The van der Waals surface area contributed by atoms with Crippen LogP contribution in [0.15, 0.2) is 29.2 Å². The molecule has 12 heteroatoms. The smallest absolute Gasteiger partial charge is 0.308 e. The summed E-state index contributed by atoms with van der Waals surface area (Å²) in [4.78, 5) is 0.0401. The first-order valence-corrected chi connectivity index (χ1v) is 14.9. The summed E-state index contributed by atoms with van der Waals surface area (Å²) in [6, 6.07) is 6.27. The van der Waals surface area contributed by atoms with Gasteiger partial charge in [-0.3, -0.25) is 13.3 Å². The lowest BCUT2D eigenvalue weighted by Gasteiger charge is -2.31. The second kappa shape index (κ2) is 13.2. The SMILES string of the molecule is CCOP(=O)(OCC)C(CCCOS(=O)(=O)c1ccc(C)cc1)P(=O)(OCC)OCC. The summed E-state index contributed by atoms with van der Waals surface area (Å²) in [7, 11) is -11.7. The summed E-state index contributed by atoms with van der Waals surface area (Å²) in [5.41, 5.74) is 0.923. The molecule has 0 saturated heterocycles. The average molecular weight is 500 g/mol. The van der Waals surface area contributed by atoms with E-state index >= 15 is 0 Å².